The Hall–Kier alpha value is -0.900. The molecule has 1 atom stereocenters. The molecule has 3 N–H and O–H groups in total. The minimum absolute atomic E-state index is 0. The van der Waals surface area contributed by atoms with Gasteiger partial charge in [-0.2, -0.15) is 0 Å². The molecule has 1 heterocycles. The van der Waals surface area contributed by atoms with Gasteiger partial charge in [0.1, 0.15) is 4.88 Å². The minimum atomic E-state index is -0.0596. The molecule has 27 heavy (non-hydrogen) atoms. The zero-order chi connectivity index (χ0) is 18.8. The molecule has 2 rings (SSSR count). The summed E-state index contributed by atoms with van der Waals surface area (Å²) < 4.78 is 0. The Kier molecular flexibility index (Phi) is 11.9. The number of nitrogens with zero attached hydrogens (tertiary/aromatic N) is 2. The van der Waals surface area contributed by atoms with E-state index in [1.54, 1.807) is 12.6 Å². The quantitative estimate of drug-likeness (QED) is 0.217. The number of amides is 1. The van der Waals surface area contributed by atoms with Crippen molar-refractivity contribution in [3.63, 3.8) is 0 Å². The molecule has 1 fully saturated rings. The van der Waals surface area contributed by atoms with E-state index in [4.69, 9.17) is 0 Å². The van der Waals surface area contributed by atoms with Crippen molar-refractivity contribution in [1.29, 1.82) is 0 Å². The number of hydrogen-bond donors (Lipinski definition) is 3. The highest BCUT2D eigenvalue weighted by Gasteiger charge is 2.15. The second-order valence-corrected chi connectivity index (χ2v) is 8.00. The Morgan fingerprint density at radius 1 is 1.30 bits per heavy atom. The zero-order valence-corrected chi connectivity index (χ0v) is 19.9. The molecular formula is C19H34IN5OS. The maximum Gasteiger partial charge on any atom is 0.263 e. The van der Waals surface area contributed by atoms with E-state index in [0.717, 1.165) is 17.6 Å². The standard InChI is InChI=1S/C19H33N5OS.HI/c1-14(9-10-16-7-5-4-6-8-16)24-19(20-3)22-12-11-21-18(25)17-15(2)23-13-26-17;/h13-14,16H,4-12H2,1-3H3,(H,21,25)(H2,20,22,24);1H. The summed E-state index contributed by atoms with van der Waals surface area (Å²) in [5.74, 6) is 1.65. The van der Waals surface area contributed by atoms with Crippen LogP contribution in [-0.4, -0.2) is 43.0 Å². The Labute approximate surface area is 184 Å². The largest absolute Gasteiger partial charge is 0.355 e. The number of thiazole rings is 1. The first-order valence-corrected chi connectivity index (χ1v) is 10.6. The van der Waals surface area contributed by atoms with Crippen molar-refractivity contribution >= 4 is 47.2 Å². The molecule has 1 unspecified atom stereocenters. The fourth-order valence-corrected chi connectivity index (χ4v) is 4.14. The molecular weight excluding hydrogens is 473 g/mol. The van der Waals surface area contributed by atoms with Crippen LogP contribution in [-0.2, 0) is 0 Å². The topological polar surface area (TPSA) is 78.4 Å². The zero-order valence-electron chi connectivity index (χ0n) is 16.7. The summed E-state index contributed by atoms with van der Waals surface area (Å²) in [5, 5.41) is 9.63. The fraction of sp³-hybridized carbons (Fsp3) is 0.737. The third-order valence-electron chi connectivity index (χ3n) is 4.99. The van der Waals surface area contributed by atoms with E-state index in [1.807, 2.05) is 6.92 Å². The number of aromatic nitrogens is 1. The summed E-state index contributed by atoms with van der Waals surface area (Å²) in [4.78, 5) is 21.1. The van der Waals surface area contributed by atoms with Gasteiger partial charge in [-0.15, -0.1) is 35.3 Å². The van der Waals surface area contributed by atoms with E-state index in [2.05, 4.69) is 32.9 Å². The van der Waals surface area contributed by atoms with Crippen molar-refractivity contribution in [3.05, 3.63) is 16.1 Å². The second kappa shape index (κ2) is 13.3. The van der Waals surface area contributed by atoms with Gasteiger partial charge in [0.05, 0.1) is 11.2 Å². The Bertz CT molecular complexity index is 586. The van der Waals surface area contributed by atoms with E-state index < -0.39 is 0 Å². The van der Waals surface area contributed by atoms with Gasteiger partial charge in [0.25, 0.3) is 5.91 Å². The highest BCUT2D eigenvalue weighted by atomic mass is 127. The molecule has 1 aliphatic rings. The molecule has 0 radical (unpaired) electrons. The third-order valence-corrected chi connectivity index (χ3v) is 5.92. The van der Waals surface area contributed by atoms with Crippen LogP contribution in [0.5, 0.6) is 0 Å². The molecule has 1 saturated carbocycles. The van der Waals surface area contributed by atoms with Crippen LogP contribution in [0.25, 0.3) is 0 Å². The maximum atomic E-state index is 12.0. The van der Waals surface area contributed by atoms with Crippen molar-refractivity contribution in [2.24, 2.45) is 10.9 Å². The van der Waals surface area contributed by atoms with Gasteiger partial charge in [-0.3, -0.25) is 9.79 Å². The molecule has 0 bridgehead atoms. The average Bonchev–Trinajstić information content (AvgIpc) is 3.09. The van der Waals surface area contributed by atoms with Crippen LogP contribution in [0.1, 0.15) is 67.2 Å². The van der Waals surface area contributed by atoms with Crippen molar-refractivity contribution in [2.75, 3.05) is 20.1 Å². The van der Waals surface area contributed by atoms with Crippen molar-refractivity contribution in [3.8, 4) is 0 Å². The highest BCUT2D eigenvalue weighted by Crippen LogP contribution is 2.27. The van der Waals surface area contributed by atoms with Gasteiger partial charge < -0.3 is 16.0 Å². The average molecular weight is 507 g/mol. The summed E-state index contributed by atoms with van der Waals surface area (Å²) in [6.07, 6.45) is 9.50. The Morgan fingerprint density at radius 3 is 2.63 bits per heavy atom. The number of carbonyl (C=O) groups is 1. The first kappa shape index (κ1) is 24.1. The van der Waals surface area contributed by atoms with E-state index in [9.17, 15) is 4.79 Å². The summed E-state index contributed by atoms with van der Waals surface area (Å²) in [6, 6.07) is 0.401. The van der Waals surface area contributed by atoms with Gasteiger partial charge in [-0.25, -0.2) is 4.98 Å². The molecule has 8 heteroatoms. The van der Waals surface area contributed by atoms with E-state index >= 15 is 0 Å². The van der Waals surface area contributed by atoms with E-state index in [1.165, 1.54) is 56.3 Å². The molecule has 0 aliphatic heterocycles. The molecule has 1 aromatic rings. The number of aliphatic imine (C=N–C) groups is 1. The Morgan fingerprint density at radius 2 is 2.00 bits per heavy atom. The smallest absolute Gasteiger partial charge is 0.263 e. The lowest BCUT2D eigenvalue weighted by atomic mass is 9.85. The van der Waals surface area contributed by atoms with Gasteiger partial charge in [-0.1, -0.05) is 32.1 Å². The molecule has 1 amide bonds. The van der Waals surface area contributed by atoms with Crippen LogP contribution < -0.4 is 16.0 Å². The van der Waals surface area contributed by atoms with Crippen LogP contribution >= 0.6 is 35.3 Å². The SMILES string of the molecule is CN=C(NCCNC(=O)c1scnc1C)NC(C)CCC1CCCCC1.I. The summed E-state index contributed by atoms with van der Waals surface area (Å²) in [5.41, 5.74) is 2.48. The van der Waals surface area contributed by atoms with Crippen molar-refractivity contribution in [1.82, 2.24) is 20.9 Å². The highest BCUT2D eigenvalue weighted by molar-refractivity contribution is 14.0. The van der Waals surface area contributed by atoms with Gasteiger partial charge in [0.15, 0.2) is 5.96 Å². The van der Waals surface area contributed by atoms with Gasteiger partial charge in [-0.05, 0) is 32.6 Å². The number of aryl methyl sites for hydroxylation is 1. The van der Waals surface area contributed by atoms with Crippen LogP contribution in [0, 0.1) is 12.8 Å². The maximum absolute atomic E-state index is 12.0. The predicted molar refractivity (Wildman–Crippen MR) is 124 cm³/mol. The number of carbonyl (C=O) groups excluding carboxylic acids is 1. The van der Waals surface area contributed by atoms with Gasteiger partial charge in [0.2, 0.25) is 0 Å². The third kappa shape index (κ3) is 8.76. The fourth-order valence-electron chi connectivity index (χ4n) is 3.42. The first-order valence-electron chi connectivity index (χ1n) is 9.75. The number of hydrogen-bond acceptors (Lipinski definition) is 4. The van der Waals surface area contributed by atoms with Crippen LogP contribution in [0.15, 0.2) is 10.5 Å². The van der Waals surface area contributed by atoms with Crippen molar-refractivity contribution in [2.45, 2.75) is 64.8 Å². The Balaban J connectivity index is 0.00000364. The van der Waals surface area contributed by atoms with Crippen LogP contribution in [0.4, 0.5) is 0 Å². The lowest BCUT2D eigenvalue weighted by molar-refractivity contribution is 0.0957. The molecule has 1 aliphatic carbocycles. The number of halogens is 1. The summed E-state index contributed by atoms with van der Waals surface area (Å²) in [6.45, 7) is 5.25. The van der Waals surface area contributed by atoms with E-state index in [-0.39, 0.29) is 29.9 Å². The first-order chi connectivity index (χ1) is 12.6. The molecule has 0 aromatic carbocycles. The molecule has 1 aromatic heterocycles. The number of nitrogens with one attached hydrogen (secondary N) is 3. The minimum Gasteiger partial charge on any atom is -0.355 e. The molecule has 0 spiro atoms. The number of guanidine groups is 1. The van der Waals surface area contributed by atoms with Gasteiger partial charge in [0, 0.05) is 26.2 Å². The van der Waals surface area contributed by atoms with Gasteiger partial charge >= 0.3 is 0 Å². The van der Waals surface area contributed by atoms with Crippen LogP contribution in [0.3, 0.4) is 0 Å². The van der Waals surface area contributed by atoms with Crippen LogP contribution in [0.2, 0.25) is 0 Å². The lowest BCUT2D eigenvalue weighted by Crippen LogP contribution is -2.45. The van der Waals surface area contributed by atoms with E-state index in [0.29, 0.717) is 24.0 Å². The lowest BCUT2D eigenvalue weighted by Gasteiger charge is -2.24. The molecule has 6 nitrogen and oxygen atoms in total. The second-order valence-electron chi connectivity index (χ2n) is 7.15. The normalized spacial score (nSPS) is 16.3. The molecule has 0 saturated heterocycles. The molecule has 154 valence electrons. The van der Waals surface area contributed by atoms with Crippen molar-refractivity contribution < 1.29 is 4.79 Å². The summed E-state index contributed by atoms with van der Waals surface area (Å²) in [7, 11) is 1.78. The summed E-state index contributed by atoms with van der Waals surface area (Å²) >= 11 is 1.37. The monoisotopic (exact) mass is 507 g/mol. The predicted octanol–water partition coefficient (Wildman–Crippen LogP) is 3.71. The number of rotatable bonds is 8.